The van der Waals surface area contributed by atoms with E-state index in [-0.39, 0.29) is 4.90 Å². The summed E-state index contributed by atoms with van der Waals surface area (Å²) in [6.07, 6.45) is 8.46. The van der Waals surface area contributed by atoms with Gasteiger partial charge < -0.3 is 15.2 Å². The molecule has 0 unspecified atom stereocenters. The summed E-state index contributed by atoms with van der Waals surface area (Å²) in [5, 5.41) is 0. The summed E-state index contributed by atoms with van der Waals surface area (Å²) in [5.41, 5.74) is 6.20. The molecule has 0 fully saturated rings. The van der Waals surface area contributed by atoms with Gasteiger partial charge in [0.05, 0.1) is 18.1 Å². The first-order chi connectivity index (χ1) is 15.8. The maximum Gasteiger partial charge on any atom is 0.330 e. The van der Waals surface area contributed by atoms with Gasteiger partial charge >= 0.3 is 11.9 Å². The second kappa shape index (κ2) is 16.0. The molecule has 0 aliphatic rings. The fraction of sp³-hybridized carbons (Fsp3) is 0.500. The Labute approximate surface area is 197 Å². The number of hydrogen-bond donors (Lipinski definition) is 1. The van der Waals surface area contributed by atoms with Crippen LogP contribution in [0.15, 0.2) is 54.5 Å². The van der Waals surface area contributed by atoms with Crippen LogP contribution in [0.5, 0.6) is 0 Å². The summed E-state index contributed by atoms with van der Waals surface area (Å²) >= 11 is 0. The molecular weight excluding hydrogens is 444 g/mol. The lowest BCUT2D eigenvalue weighted by Crippen LogP contribution is -2.33. The van der Waals surface area contributed by atoms with Crippen LogP contribution in [0.1, 0.15) is 51.4 Å². The van der Waals surface area contributed by atoms with Gasteiger partial charge in [0.2, 0.25) is 10.0 Å². The van der Waals surface area contributed by atoms with Gasteiger partial charge in [-0.2, -0.15) is 4.31 Å². The van der Waals surface area contributed by atoms with Crippen LogP contribution in [0, 0.1) is 0 Å². The molecule has 2 N–H and O–H groups in total. The van der Waals surface area contributed by atoms with E-state index in [2.05, 4.69) is 13.2 Å². The molecule has 0 heterocycles. The molecule has 0 saturated carbocycles. The molecule has 0 spiro atoms. The van der Waals surface area contributed by atoms with Crippen LogP contribution in [0.2, 0.25) is 0 Å². The van der Waals surface area contributed by atoms with Gasteiger partial charge in [-0.15, -0.1) is 0 Å². The topological polar surface area (TPSA) is 116 Å². The van der Waals surface area contributed by atoms with Gasteiger partial charge in [-0.05, 0) is 49.9 Å². The smallest absolute Gasteiger partial charge is 0.330 e. The maximum atomic E-state index is 13.1. The zero-order valence-corrected chi connectivity index (χ0v) is 20.1. The summed E-state index contributed by atoms with van der Waals surface area (Å²) in [4.78, 5) is 22.3. The summed E-state index contributed by atoms with van der Waals surface area (Å²) in [6, 6.07) is 6.22. The number of esters is 2. The number of ether oxygens (including phenoxy) is 2. The second-order valence-electron chi connectivity index (χ2n) is 7.54. The van der Waals surface area contributed by atoms with Crippen molar-refractivity contribution in [2.75, 3.05) is 32.0 Å². The minimum atomic E-state index is -3.62. The lowest BCUT2D eigenvalue weighted by Gasteiger charge is -2.22. The van der Waals surface area contributed by atoms with E-state index in [1.807, 2.05) is 0 Å². The third kappa shape index (κ3) is 11.7. The highest BCUT2D eigenvalue weighted by molar-refractivity contribution is 7.89. The summed E-state index contributed by atoms with van der Waals surface area (Å²) < 4.78 is 37.7. The highest BCUT2D eigenvalue weighted by atomic mass is 32.2. The van der Waals surface area contributed by atoms with Crippen molar-refractivity contribution in [2.45, 2.75) is 56.3 Å². The fourth-order valence-corrected chi connectivity index (χ4v) is 4.61. The molecule has 0 atom stereocenters. The second-order valence-corrected chi connectivity index (χ2v) is 9.48. The highest BCUT2D eigenvalue weighted by Crippen LogP contribution is 2.19. The number of carbonyl (C=O) groups excluding carboxylic acids is 2. The normalized spacial score (nSPS) is 11.2. The monoisotopic (exact) mass is 480 g/mol. The maximum absolute atomic E-state index is 13.1. The van der Waals surface area contributed by atoms with Crippen molar-refractivity contribution in [3.05, 3.63) is 49.6 Å². The standard InChI is InChI=1S/C24H36N2O6S/c1-3-23(27)31-19-11-7-5-9-17-26(18-10-6-8-12-20-32-24(28)4-2)33(29,30)22-15-13-21(25)14-16-22/h3-4,13-16H,1-2,5-12,17-20,25H2. The molecule has 0 amide bonds. The Morgan fingerprint density at radius 1 is 0.788 bits per heavy atom. The molecule has 33 heavy (non-hydrogen) atoms. The molecule has 1 aromatic carbocycles. The number of nitrogens with two attached hydrogens (primary N) is 1. The van der Waals surface area contributed by atoms with Crippen LogP contribution < -0.4 is 5.73 Å². The molecule has 8 nitrogen and oxygen atoms in total. The third-order valence-electron chi connectivity index (χ3n) is 4.94. The van der Waals surface area contributed by atoms with Crippen molar-refractivity contribution >= 4 is 27.6 Å². The van der Waals surface area contributed by atoms with E-state index in [0.717, 1.165) is 50.7 Å². The minimum absolute atomic E-state index is 0.226. The molecule has 0 aliphatic heterocycles. The first-order valence-corrected chi connectivity index (χ1v) is 12.7. The Morgan fingerprint density at radius 2 is 1.21 bits per heavy atom. The Bertz CT molecular complexity index is 818. The van der Waals surface area contributed by atoms with Crippen molar-refractivity contribution in [1.29, 1.82) is 0 Å². The van der Waals surface area contributed by atoms with Crippen LogP contribution >= 0.6 is 0 Å². The van der Waals surface area contributed by atoms with Crippen LogP contribution in [-0.2, 0) is 29.1 Å². The molecule has 0 aromatic heterocycles. The number of nitrogens with zero attached hydrogens (tertiary/aromatic N) is 1. The summed E-state index contributed by atoms with van der Waals surface area (Å²) in [5.74, 6) is -0.871. The zero-order chi connectivity index (χ0) is 24.5. The van der Waals surface area contributed by atoms with Crippen LogP contribution in [0.25, 0.3) is 0 Å². The first kappa shape index (κ1) is 28.4. The van der Waals surface area contributed by atoms with Crippen molar-refractivity contribution in [1.82, 2.24) is 4.31 Å². The predicted octanol–water partition coefficient (Wildman–Crippen LogP) is 3.84. The number of carbonyl (C=O) groups is 2. The SMILES string of the molecule is C=CC(=O)OCCCCCCN(CCCCCCOC(=O)C=C)S(=O)(=O)c1ccc(N)cc1. The van der Waals surface area contributed by atoms with E-state index in [4.69, 9.17) is 15.2 Å². The molecule has 9 heteroatoms. The number of anilines is 1. The first-order valence-electron chi connectivity index (χ1n) is 11.3. The molecule has 184 valence electrons. The lowest BCUT2D eigenvalue weighted by atomic mass is 10.2. The Kier molecular flexibility index (Phi) is 13.8. The minimum Gasteiger partial charge on any atom is -0.463 e. The molecule has 1 aromatic rings. The number of benzene rings is 1. The van der Waals surface area contributed by atoms with E-state index in [1.165, 1.54) is 16.4 Å². The fourth-order valence-electron chi connectivity index (χ4n) is 3.09. The zero-order valence-electron chi connectivity index (χ0n) is 19.2. The molecule has 0 bridgehead atoms. The average Bonchev–Trinajstić information content (AvgIpc) is 2.81. The van der Waals surface area contributed by atoms with Gasteiger partial charge in [0.15, 0.2) is 0 Å². The van der Waals surface area contributed by atoms with Crippen molar-refractivity contribution in [3.8, 4) is 0 Å². The predicted molar refractivity (Wildman–Crippen MR) is 129 cm³/mol. The average molecular weight is 481 g/mol. The number of nitrogen functional groups attached to an aromatic ring is 1. The number of sulfonamides is 1. The van der Waals surface area contributed by atoms with Crippen molar-refractivity contribution in [3.63, 3.8) is 0 Å². The molecular formula is C24H36N2O6S. The summed E-state index contributed by atoms with van der Waals surface area (Å²) in [7, 11) is -3.62. The Balaban J connectivity index is 2.52. The van der Waals surface area contributed by atoms with E-state index in [1.54, 1.807) is 12.1 Å². The van der Waals surface area contributed by atoms with E-state index >= 15 is 0 Å². The van der Waals surface area contributed by atoms with Gasteiger partial charge in [0, 0.05) is 30.9 Å². The molecule has 0 radical (unpaired) electrons. The molecule has 1 rings (SSSR count). The molecule has 0 saturated heterocycles. The number of unbranched alkanes of at least 4 members (excludes halogenated alkanes) is 6. The number of hydrogen-bond acceptors (Lipinski definition) is 7. The van der Waals surface area contributed by atoms with E-state index in [9.17, 15) is 18.0 Å². The Hall–Kier alpha value is -2.65. The van der Waals surface area contributed by atoms with Crippen molar-refractivity contribution in [2.24, 2.45) is 0 Å². The van der Waals surface area contributed by atoms with Crippen LogP contribution in [0.4, 0.5) is 5.69 Å². The third-order valence-corrected chi connectivity index (χ3v) is 6.86. The van der Waals surface area contributed by atoms with Gasteiger partial charge in [0.1, 0.15) is 0 Å². The number of rotatable bonds is 18. The van der Waals surface area contributed by atoms with Gasteiger partial charge in [-0.1, -0.05) is 38.8 Å². The van der Waals surface area contributed by atoms with Crippen LogP contribution in [-0.4, -0.2) is 51.0 Å². The van der Waals surface area contributed by atoms with E-state index in [0.29, 0.717) is 44.8 Å². The lowest BCUT2D eigenvalue weighted by molar-refractivity contribution is -0.138. The highest BCUT2D eigenvalue weighted by Gasteiger charge is 2.23. The van der Waals surface area contributed by atoms with E-state index < -0.39 is 22.0 Å². The Morgan fingerprint density at radius 3 is 1.64 bits per heavy atom. The van der Waals surface area contributed by atoms with Gasteiger partial charge in [-0.3, -0.25) is 0 Å². The van der Waals surface area contributed by atoms with Gasteiger partial charge in [-0.25, -0.2) is 18.0 Å². The van der Waals surface area contributed by atoms with Crippen molar-refractivity contribution < 1.29 is 27.5 Å². The summed E-state index contributed by atoms with van der Waals surface area (Å²) in [6.45, 7) is 8.19. The molecule has 0 aliphatic carbocycles. The van der Waals surface area contributed by atoms with Crippen LogP contribution in [0.3, 0.4) is 0 Å². The largest absolute Gasteiger partial charge is 0.463 e. The van der Waals surface area contributed by atoms with Gasteiger partial charge in [0.25, 0.3) is 0 Å². The quantitative estimate of drug-likeness (QED) is 0.147.